The highest BCUT2D eigenvalue weighted by atomic mass is 16.5. The average molecular weight is 278 g/mol. The number of fused-ring (bicyclic) bond motifs is 1. The number of para-hydroxylation sites is 1. The Balaban J connectivity index is 2.18. The van der Waals surface area contributed by atoms with Crippen molar-refractivity contribution in [1.29, 1.82) is 0 Å². The van der Waals surface area contributed by atoms with Crippen LogP contribution in [0.15, 0.2) is 33.9 Å². The Morgan fingerprint density at radius 2 is 2.10 bits per heavy atom. The number of H-pyrrole nitrogens is 1. The second-order valence-electron chi connectivity index (χ2n) is 4.76. The molecule has 1 aliphatic heterocycles. The second-order valence-corrected chi connectivity index (χ2v) is 4.76. The van der Waals surface area contributed by atoms with Gasteiger partial charge in [0.25, 0.3) is 5.56 Å². The lowest BCUT2D eigenvalue weighted by molar-refractivity contribution is -0.0443. The summed E-state index contributed by atoms with van der Waals surface area (Å²) in [5.41, 5.74) is -0.611. The van der Waals surface area contributed by atoms with Gasteiger partial charge in [-0.2, -0.15) is 0 Å². The molecule has 0 bridgehead atoms. The average Bonchev–Trinajstić information content (AvgIpc) is 2.80. The first-order valence-corrected chi connectivity index (χ1v) is 6.29. The third-order valence-electron chi connectivity index (χ3n) is 3.52. The molecule has 0 aliphatic carbocycles. The maximum absolute atomic E-state index is 12.0. The summed E-state index contributed by atoms with van der Waals surface area (Å²) in [6.07, 6.45) is -2.10. The highest BCUT2D eigenvalue weighted by Gasteiger charge is 2.35. The fourth-order valence-electron chi connectivity index (χ4n) is 2.53. The van der Waals surface area contributed by atoms with E-state index < -0.39 is 29.7 Å². The van der Waals surface area contributed by atoms with E-state index in [1.54, 1.807) is 24.3 Å². The topological polar surface area (TPSA) is 105 Å². The van der Waals surface area contributed by atoms with Crippen molar-refractivity contribution >= 4 is 10.9 Å². The van der Waals surface area contributed by atoms with Crippen LogP contribution in [0.2, 0.25) is 0 Å². The lowest BCUT2D eigenvalue weighted by atomic mass is 10.2. The van der Waals surface area contributed by atoms with Gasteiger partial charge in [0.15, 0.2) is 0 Å². The van der Waals surface area contributed by atoms with Gasteiger partial charge in [-0.1, -0.05) is 12.1 Å². The number of aromatic nitrogens is 2. The molecule has 3 rings (SSSR count). The van der Waals surface area contributed by atoms with Gasteiger partial charge in [-0.25, -0.2) is 4.79 Å². The third-order valence-corrected chi connectivity index (χ3v) is 3.52. The van der Waals surface area contributed by atoms with Gasteiger partial charge in [-0.05, 0) is 12.1 Å². The minimum Gasteiger partial charge on any atom is -0.394 e. The lowest BCUT2D eigenvalue weighted by Crippen LogP contribution is -2.33. The van der Waals surface area contributed by atoms with Gasteiger partial charge in [0, 0.05) is 6.42 Å². The summed E-state index contributed by atoms with van der Waals surface area (Å²) >= 11 is 0. The van der Waals surface area contributed by atoms with Gasteiger partial charge in [0.2, 0.25) is 0 Å². The molecule has 2 heterocycles. The normalized spacial score (nSPS) is 26.2. The molecule has 1 saturated heterocycles. The van der Waals surface area contributed by atoms with Crippen molar-refractivity contribution in [2.75, 3.05) is 6.61 Å². The molecule has 1 aromatic heterocycles. The SMILES string of the molecule is O=c1[nH]c(=O)n([C@H]2C[C@H](O)[C@@H](CO)O2)c2ccccc12. The molecular weight excluding hydrogens is 264 g/mol. The molecule has 1 aromatic carbocycles. The van der Waals surface area contributed by atoms with Crippen LogP contribution in [0, 0.1) is 0 Å². The highest BCUT2D eigenvalue weighted by Crippen LogP contribution is 2.29. The van der Waals surface area contributed by atoms with Gasteiger partial charge in [-0.3, -0.25) is 14.3 Å². The molecule has 7 heteroatoms. The lowest BCUT2D eigenvalue weighted by Gasteiger charge is -2.16. The molecule has 3 atom stereocenters. The van der Waals surface area contributed by atoms with E-state index in [2.05, 4.69) is 4.98 Å². The maximum Gasteiger partial charge on any atom is 0.330 e. The summed E-state index contributed by atoms with van der Waals surface area (Å²) in [5.74, 6) is 0. The minimum absolute atomic E-state index is 0.182. The van der Waals surface area contributed by atoms with E-state index in [1.165, 1.54) is 4.57 Å². The summed E-state index contributed by atoms with van der Waals surface area (Å²) in [6, 6.07) is 6.67. The summed E-state index contributed by atoms with van der Waals surface area (Å²) in [5, 5.41) is 19.2. The van der Waals surface area contributed by atoms with Crippen molar-refractivity contribution in [2.45, 2.75) is 24.9 Å². The largest absolute Gasteiger partial charge is 0.394 e. The Morgan fingerprint density at radius 3 is 2.80 bits per heavy atom. The molecule has 0 saturated carbocycles. The standard InChI is InChI=1S/C13H14N2O5/c16-6-10-9(17)5-11(20-10)15-8-4-2-1-3-7(8)12(18)14-13(15)19/h1-4,9-11,16-17H,5-6H2,(H,14,18,19)/t9-,10+,11+/m0/s1. The van der Waals surface area contributed by atoms with Crippen LogP contribution in [0.1, 0.15) is 12.6 Å². The third kappa shape index (κ3) is 1.96. The number of aliphatic hydroxyl groups is 2. The number of nitrogens with one attached hydrogen (secondary N) is 1. The molecule has 1 fully saturated rings. The molecular formula is C13H14N2O5. The molecule has 0 spiro atoms. The monoisotopic (exact) mass is 278 g/mol. The zero-order valence-corrected chi connectivity index (χ0v) is 10.5. The second kappa shape index (κ2) is 4.86. The maximum atomic E-state index is 12.0. The fraction of sp³-hybridized carbons (Fsp3) is 0.385. The summed E-state index contributed by atoms with van der Waals surface area (Å²) in [6.45, 7) is -0.326. The van der Waals surface area contributed by atoms with E-state index in [0.29, 0.717) is 10.9 Å². The Hall–Kier alpha value is -1.96. The van der Waals surface area contributed by atoms with Gasteiger partial charge in [0.1, 0.15) is 12.3 Å². The van der Waals surface area contributed by atoms with Crippen LogP contribution in [-0.4, -0.2) is 38.6 Å². The van der Waals surface area contributed by atoms with Crippen molar-refractivity contribution in [3.63, 3.8) is 0 Å². The number of hydrogen-bond acceptors (Lipinski definition) is 5. The molecule has 1 aliphatic rings. The van der Waals surface area contributed by atoms with E-state index in [-0.39, 0.29) is 13.0 Å². The first kappa shape index (κ1) is 13.0. The van der Waals surface area contributed by atoms with E-state index >= 15 is 0 Å². The van der Waals surface area contributed by atoms with Crippen LogP contribution in [0.3, 0.4) is 0 Å². The zero-order valence-electron chi connectivity index (χ0n) is 10.5. The van der Waals surface area contributed by atoms with Crippen LogP contribution >= 0.6 is 0 Å². The number of aliphatic hydroxyl groups excluding tert-OH is 2. The van der Waals surface area contributed by atoms with E-state index in [4.69, 9.17) is 9.84 Å². The first-order valence-electron chi connectivity index (χ1n) is 6.29. The quantitative estimate of drug-likeness (QED) is 0.676. The minimum atomic E-state index is -0.845. The Labute approximate surface area is 113 Å². The summed E-state index contributed by atoms with van der Waals surface area (Å²) < 4.78 is 6.78. The van der Waals surface area contributed by atoms with E-state index in [0.717, 1.165) is 0 Å². The van der Waals surface area contributed by atoms with E-state index in [9.17, 15) is 14.7 Å². The zero-order chi connectivity index (χ0) is 14.3. The molecule has 106 valence electrons. The van der Waals surface area contributed by atoms with E-state index in [1.807, 2.05) is 0 Å². The fourth-order valence-corrected chi connectivity index (χ4v) is 2.53. The highest BCUT2D eigenvalue weighted by molar-refractivity contribution is 5.77. The van der Waals surface area contributed by atoms with Crippen molar-refractivity contribution in [3.05, 3.63) is 45.1 Å². The number of nitrogens with zero attached hydrogens (tertiary/aromatic N) is 1. The van der Waals surface area contributed by atoms with Crippen LogP contribution in [0.25, 0.3) is 10.9 Å². The van der Waals surface area contributed by atoms with Crippen molar-refractivity contribution in [1.82, 2.24) is 9.55 Å². The number of ether oxygens (including phenoxy) is 1. The van der Waals surface area contributed by atoms with Crippen LogP contribution < -0.4 is 11.2 Å². The molecule has 7 nitrogen and oxygen atoms in total. The molecule has 2 aromatic rings. The smallest absolute Gasteiger partial charge is 0.330 e. The number of benzene rings is 1. The van der Waals surface area contributed by atoms with Crippen LogP contribution in [0.4, 0.5) is 0 Å². The predicted molar refractivity (Wildman–Crippen MR) is 70.4 cm³/mol. The number of hydrogen-bond donors (Lipinski definition) is 3. The van der Waals surface area contributed by atoms with Crippen molar-refractivity contribution in [3.8, 4) is 0 Å². The number of aromatic amines is 1. The Bertz CT molecular complexity index is 750. The van der Waals surface area contributed by atoms with Crippen molar-refractivity contribution < 1.29 is 14.9 Å². The van der Waals surface area contributed by atoms with Gasteiger partial charge >= 0.3 is 5.69 Å². The molecule has 0 unspecified atom stereocenters. The summed E-state index contributed by atoms with van der Waals surface area (Å²) in [7, 11) is 0. The summed E-state index contributed by atoms with van der Waals surface area (Å²) in [4.78, 5) is 26.0. The molecule has 0 radical (unpaired) electrons. The van der Waals surface area contributed by atoms with Gasteiger partial charge < -0.3 is 14.9 Å². The molecule has 0 amide bonds. The molecule has 3 N–H and O–H groups in total. The van der Waals surface area contributed by atoms with Gasteiger partial charge in [0.05, 0.1) is 23.6 Å². The molecule has 20 heavy (non-hydrogen) atoms. The Morgan fingerprint density at radius 1 is 1.35 bits per heavy atom. The Kier molecular flexibility index (Phi) is 3.17. The number of rotatable bonds is 2. The predicted octanol–water partition coefficient (Wildman–Crippen LogP) is -0.669. The van der Waals surface area contributed by atoms with Crippen molar-refractivity contribution in [2.24, 2.45) is 0 Å². The first-order chi connectivity index (χ1) is 9.61. The van der Waals surface area contributed by atoms with Gasteiger partial charge in [-0.15, -0.1) is 0 Å². The van der Waals surface area contributed by atoms with Crippen LogP contribution in [0.5, 0.6) is 0 Å². The van der Waals surface area contributed by atoms with Crippen LogP contribution in [-0.2, 0) is 4.74 Å².